The Morgan fingerprint density at radius 3 is 2.33 bits per heavy atom. The minimum atomic E-state index is -3.25. The van der Waals surface area contributed by atoms with Gasteiger partial charge in [0, 0.05) is 45.7 Å². The minimum absolute atomic E-state index is 0.111. The molecule has 0 radical (unpaired) electrons. The standard InChI is InChI=1S/C26H35N3O3S/c1-27(2)26(30)20-25-24-11-7-6-8-21(24)12-17-29(25)22-13-15-28(16-14-22)18-19-33(31,32)23-9-4-3-5-10-23/h3-11,22,25H,12-20H2,1-2H3. The highest BCUT2D eigenvalue weighted by atomic mass is 32.2. The molecule has 1 unspecified atom stereocenters. The molecule has 1 atom stereocenters. The first kappa shape index (κ1) is 23.9. The van der Waals surface area contributed by atoms with Gasteiger partial charge in [-0.1, -0.05) is 42.5 Å². The third kappa shape index (κ3) is 5.65. The van der Waals surface area contributed by atoms with E-state index in [1.54, 1.807) is 29.2 Å². The van der Waals surface area contributed by atoms with Crippen LogP contribution in [0.5, 0.6) is 0 Å². The second-order valence-corrected chi connectivity index (χ2v) is 11.5. The van der Waals surface area contributed by atoms with E-state index in [-0.39, 0.29) is 17.7 Å². The Hall–Kier alpha value is -2.22. The SMILES string of the molecule is CN(C)C(=O)CC1c2ccccc2CCN1C1CCN(CCS(=O)(=O)c2ccccc2)CC1. The maximum absolute atomic E-state index is 12.6. The van der Waals surface area contributed by atoms with Gasteiger partial charge in [-0.2, -0.15) is 0 Å². The molecule has 178 valence electrons. The fraction of sp³-hybridized carbons (Fsp3) is 0.500. The summed E-state index contributed by atoms with van der Waals surface area (Å²) in [4.78, 5) is 19.5. The van der Waals surface area contributed by atoms with Gasteiger partial charge < -0.3 is 9.80 Å². The summed E-state index contributed by atoms with van der Waals surface area (Å²) in [6, 6.07) is 17.8. The third-order valence-corrected chi connectivity index (χ3v) is 8.84. The smallest absolute Gasteiger partial charge is 0.223 e. The lowest BCUT2D eigenvalue weighted by Crippen LogP contribution is -2.49. The molecule has 2 aliphatic heterocycles. The molecule has 33 heavy (non-hydrogen) atoms. The van der Waals surface area contributed by atoms with Gasteiger partial charge in [0.25, 0.3) is 0 Å². The maximum Gasteiger partial charge on any atom is 0.223 e. The van der Waals surface area contributed by atoms with Crippen molar-refractivity contribution in [3.63, 3.8) is 0 Å². The van der Waals surface area contributed by atoms with Crippen LogP contribution < -0.4 is 0 Å². The minimum Gasteiger partial charge on any atom is -0.349 e. The Morgan fingerprint density at radius 1 is 0.970 bits per heavy atom. The van der Waals surface area contributed by atoms with Crippen molar-refractivity contribution >= 4 is 15.7 Å². The fourth-order valence-corrected chi connectivity index (χ4v) is 6.46. The topological polar surface area (TPSA) is 60.9 Å². The van der Waals surface area contributed by atoms with Crippen LogP contribution in [-0.4, -0.2) is 81.1 Å². The van der Waals surface area contributed by atoms with E-state index in [2.05, 4.69) is 34.1 Å². The maximum atomic E-state index is 12.6. The summed E-state index contributed by atoms with van der Waals surface area (Å²) in [5.41, 5.74) is 2.64. The first-order valence-electron chi connectivity index (χ1n) is 11.9. The highest BCUT2D eigenvalue weighted by Crippen LogP contribution is 2.36. The molecule has 0 aliphatic carbocycles. The van der Waals surface area contributed by atoms with Crippen molar-refractivity contribution in [3.05, 3.63) is 65.7 Å². The summed E-state index contributed by atoms with van der Waals surface area (Å²) in [6.45, 7) is 3.31. The van der Waals surface area contributed by atoms with Gasteiger partial charge in [-0.15, -0.1) is 0 Å². The van der Waals surface area contributed by atoms with E-state index >= 15 is 0 Å². The highest BCUT2D eigenvalue weighted by molar-refractivity contribution is 7.91. The van der Waals surface area contributed by atoms with Gasteiger partial charge >= 0.3 is 0 Å². The third-order valence-electron chi connectivity index (χ3n) is 7.13. The summed E-state index contributed by atoms with van der Waals surface area (Å²) in [5, 5.41) is 0. The molecular weight excluding hydrogens is 434 g/mol. The van der Waals surface area contributed by atoms with Gasteiger partial charge in [-0.05, 0) is 55.6 Å². The van der Waals surface area contributed by atoms with Crippen LogP contribution in [0.3, 0.4) is 0 Å². The fourth-order valence-electron chi connectivity index (χ4n) is 5.15. The lowest BCUT2D eigenvalue weighted by molar-refractivity contribution is -0.130. The van der Waals surface area contributed by atoms with E-state index in [1.807, 2.05) is 20.2 Å². The molecule has 4 rings (SSSR count). The molecule has 2 aromatic carbocycles. The van der Waals surface area contributed by atoms with Crippen LogP contribution in [0.25, 0.3) is 0 Å². The first-order valence-corrected chi connectivity index (χ1v) is 13.5. The number of nitrogens with zero attached hydrogens (tertiary/aromatic N) is 3. The Bertz CT molecular complexity index is 1050. The summed E-state index contributed by atoms with van der Waals surface area (Å²) >= 11 is 0. The number of benzene rings is 2. The highest BCUT2D eigenvalue weighted by Gasteiger charge is 2.35. The molecule has 2 aliphatic rings. The molecule has 2 aromatic rings. The van der Waals surface area contributed by atoms with Crippen LogP contribution in [0, 0.1) is 0 Å². The predicted molar refractivity (Wildman–Crippen MR) is 131 cm³/mol. The summed E-state index contributed by atoms with van der Waals surface area (Å²) in [5.74, 6) is 0.309. The van der Waals surface area contributed by atoms with E-state index in [9.17, 15) is 13.2 Å². The van der Waals surface area contributed by atoms with Crippen molar-refractivity contribution in [2.45, 2.75) is 42.7 Å². The molecular formula is C26H35N3O3S. The van der Waals surface area contributed by atoms with Crippen LogP contribution in [0.2, 0.25) is 0 Å². The summed E-state index contributed by atoms with van der Waals surface area (Å²) in [6.07, 6.45) is 3.51. The van der Waals surface area contributed by atoms with E-state index in [4.69, 9.17) is 0 Å². The predicted octanol–water partition coefficient (Wildman–Crippen LogP) is 3.00. The number of hydrogen-bond acceptors (Lipinski definition) is 5. The molecule has 1 amide bonds. The molecule has 2 heterocycles. The van der Waals surface area contributed by atoms with Crippen molar-refractivity contribution in [2.75, 3.05) is 46.0 Å². The second-order valence-electron chi connectivity index (χ2n) is 9.40. The Kier molecular flexibility index (Phi) is 7.51. The lowest BCUT2D eigenvalue weighted by atomic mass is 9.87. The number of fused-ring (bicyclic) bond motifs is 1. The number of likely N-dealkylation sites (tertiary alicyclic amines) is 1. The molecule has 1 saturated heterocycles. The first-order chi connectivity index (χ1) is 15.8. The van der Waals surface area contributed by atoms with Crippen LogP contribution in [-0.2, 0) is 21.1 Å². The van der Waals surface area contributed by atoms with Crippen LogP contribution >= 0.6 is 0 Å². The van der Waals surface area contributed by atoms with Gasteiger partial charge in [0.2, 0.25) is 5.91 Å². The molecule has 0 N–H and O–H groups in total. The van der Waals surface area contributed by atoms with Gasteiger partial charge in [0.15, 0.2) is 9.84 Å². The molecule has 6 nitrogen and oxygen atoms in total. The Balaban J connectivity index is 1.38. The summed E-state index contributed by atoms with van der Waals surface area (Å²) < 4.78 is 25.3. The molecule has 1 fully saturated rings. The number of carbonyl (C=O) groups is 1. The van der Waals surface area contributed by atoms with Crippen molar-refractivity contribution in [2.24, 2.45) is 0 Å². The van der Waals surface area contributed by atoms with E-state index < -0.39 is 9.84 Å². The van der Waals surface area contributed by atoms with Gasteiger partial charge in [-0.3, -0.25) is 9.69 Å². The van der Waals surface area contributed by atoms with Crippen LogP contribution in [0.15, 0.2) is 59.5 Å². The molecule has 0 saturated carbocycles. The van der Waals surface area contributed by atoms with Crippen molar-refractivity contribution < 1.29 is 13.2 Å². The molecule has 0 bridgehead atoms. The van der Waals surface area contributed by atoms with E-state index in [0.717, 1.165) is 38.9 Å². The normalized spacial score (nSPS) is 20.4. The Morgan fingerprint density at radius 2 is 1.64 bits per heavy atom. The van der Waals surface area contributed by atoms with Gasteiger partial charge in [0.1, 0.15) is 0 Å². The molecule has 0 spiro atoms. The summed E-state index contributed by atoms with van der Waals surface area (Å²) in [7, 11) is 0.394. The second kappa shape index (κ2) is 10.4. The zero-order valence-electron chi connectivity index (χ0n) is 19.7. The zero-order valence-corrected chi connectivity index (χ0v) is 20.5. The lowest BCUT2D eigenvalue weighted by Gasteiger charge is -2.45. The number of rotatable bonds is 7. The average Bonchev–Trinajstić information content (AvgIpc) is 2.84. The van der Waals surface area contributed by atoms with Gasteiger partial charge in [0.05, 0.1) is 10.6 Å². The number of carbonyl (C=O) groups excluding carboxylic acids is 1. The number of hydrogen-bond donors (Lipinski definition) is 0. The van der Waals surface area contributed by atoms with E-state index in [0.29, 0.717) is 23.9 Å². The van der Waals surface area contributed by atoms with Crippen molar-refractivity contribution in [1.29, 1.82) is 0 Å². The quantitative estimate of drug-likeness (QED) is 0.624. The largest absolute Gasteiger partial charge is 0.349 e. The van der Waals surface area contributed by atoms with Crippen LogP contribution in [0.4, 0.5) is 0 Å². The van der Waals surface area contributed by atoms with Gasteiger partial charge in [-0.25, -0.2) is 8.42 Å². The van der Waals surface area contributed by atoms with E-state index in [1.165, 1.54) is 11.1 Å². The number of sulfone groups is 1. The number of amides is 1. The van der Waals surface area contributed by atoms with Crippen molar-refractivity contribution in [1.82, 2.24) is 14.7 Å². The van der Waals surface area contributed by atoms with Crippen molar-refractivity contribution in [3.8, 4) is 0 Å². The van der Waals surface area contributed by atoms with Crippen LogP contribution in [0.1, 0.15) is 36.4 Å². The average molecular weight is 470 g/mol. The monoisotopic (exact) mass is 469 g/mol. The Labute approximate surface area is 198 Å². The number of piperidine rings is 1. The zero-order chi connectivity index (χ0) is 23.4. The molecule has 0 aromatic heterocycles. The molecule has 7 heteroatoms.